The van der Waals surface area contributed by atoms with Crippen LogP contribution in [0.3, 0.4) is 0 Å². The summed E-state index contributed by atoms with van der Waals surface area (Å²) in [6.45, 7) is 0.643. The zero-order valence-electron chi connectivity index (χ0n) is 8.65. The number of aromatic nitrogens is 2. The molecular weight excluding hydrogens is 230 g/mol. The summed E-state index contributed by atoms with van der Waals surface area (Å²) in [4.78, 5) is 11.3. The van der Waals surface area contributed by atoms with E-state index in [1.165, 1.54) is 25.0 Å². The third kappa shape index (κ3) is 3.66. The summed E-state index contributed by atoms with van der Waals surface area (Å²) in [6.07, 6.45) is 3.07. The highest BCUT2D eigenvalue weighted by molar-refractivity contribution is 6.29. The van der Waals surface area contributed by atoms with Crippen LogP contribution in [0.2, 0.25) is 5.15 Å². The third-order valence-electron chi connectivity index (χ3n) is 2.32. The summed E-state index contributed by atoms with van der Waals surface area (Å²) in [5.41, 5.74) is 0. The summed E-state index contributed by atoms with van der Waals surface area (Å²) < 4.78 is 4.89. The predicted octanol–water partition coefficient (Wildman–Crippen LogP) is 2.02. The predicted molar refractivity (Wildman–Crippen MR) is 58.4 cm³/mol. The van der Waals surface area contributed by atoms with Crippen LogP contribution in [0.1, 0.15) is 19.3 Å². The minimum absolute atomic E-state index is 0.147. The van der Waals surface area contributed by atoms with E-state index < -0.39 is 6.09 Å². The molecule has 0 bridgehead atoms. The lowest BCUT2D eigenvalue weighted by Gasteiger charge is -2.04. The first-order chi connectivity index (χ1) is 7.74. The normalized spacial score (nSPS) is 14.6. The Labute approximate surface area is 98.2 Å². The Morgan fingerprint density at radius 3 is 2.94 bits per heavy atom. The number of hydrogen-bond donors (Lipinski definition) is 1. The minimum atomic E-state index is -0.503. The van der Waals surface area contributed by atoms with Gasteiger partial charge in [0.15, 0.2) is 5.15 Å². The Hall–Kier alpha value is -1.36. The van der Waals surface area contributed by atoms with Crippen LogP contribution in [-0.2, 0) is 0 Å². The van der Waals surface area contributed by atoms with E-state index in [2.05, 4.69) is 15.5 Å². The Morgan fingerprint density at radius 2 is 2.31 bits per heavy atom. The topological polar surface area (TPSA) is 64.1 Å². The second-order valence-corrected chi connectivity index (χ2v) is 4.13. The van der Waals surface area contributed by atoms with Crippen molar-refractivity contribution in [2.24, 2.45) is 5.92 Å². The quantitative estimate of drug-likeness (QED) is 0.876. The van der Waals surface area contributed by atoms with Gasteiger partial charge in [0.1, 0.15) is 0 Å². The van der Waals surface area contributed by atoms with Crippen molar-refractivity contribution in [2.45, 2.75) is 19.3 Å². The van der Waals surface area contributed by atoms with Crippen LogP contribution in [0, 0.1) is 5.92 Å². The van der Waals surface area contributed by atoms with E-state index in [9.17, 15) is 4.79 Å². The molecule has 1 amide bonds. The zero-order valence-corrected chi connectivity index (χ0v) is 9.41. The largest absolute Gasteiger partial charge is 0.413 e. The van der Waals surface area contributed by atoms with Crippen molar-refractivity contribution in [1.82, 2.24) is 15.5 Å². The summed E-state index contributed by atoms with van der Waals surface area (Å²) >= 11 is 5.54. The highest BCUT2D eigenvalue weighted by Crippen LogP contribution is 2.31. The number of amides is 1. The second kappa shape index (κ2) is 5.12. The molecule has 1 saturated carbocycles. The van der Waals surface area contributed by atoms with E-state index in [-0.39, 0.29) is 11.0 Å². The third-order valence-corrected chi connectivity index (χ3v) is 2.53. The molecule has 0 saturated heterocycles. The fourth-order valence-electron chi connectivity index (χ4n) is 1.27. The fourth-order valence-corrected chi connectivity index (χ4v) is 1.37. The van der Waals surface area contributed by atoms with Crippen LogP contribution < -0.4 is 10.1 Å². The average Bonchev–Trinajstić information content (AvgIpc) is 3.05. The fraction of sp³-hybridized carbons (Fsp3) is 0.500. The Balaban J connectivity index is 1.70. The first-order valence-electron chi connectivity index (χ1n) is 5.19. The molecule has 1 aromatic rings. The zero-order chi connectivity index (χ0) is 11.4. The maximum atomic E-state index is 11.3. The molecule has 1 aromatic heterocycles. The van der Waals surface area contributed by atoms with Crippen molar-refractivity contribution < 1.29 is 9.53 Å². The van der Waals surface area contributed by atoms with E-state index in [0.717, 1.165) is 12.3 Å². The molecular formula is C10H12ClN3O2. The van der Waals surface area contributed by atoms with Gasteiger partial charge < -0.3 is 10.1 Å². The first kappa shape index (κ1) is 11.1. The monoisotopic (exact) mass is 241 g/mol. The maximum absolute atomic E-state index is 11.3. The van der Waals surface area contributed by atoms with Crippen LogP contribution in [0.4, 0.5) is 4.79 Å². The smallest absolute Gasteiger partial charge is 0.390 e. The lowest BCUT2D eigenvalue weighted by atomic mass is 10.3. The van der Waals surface area contributed by atoms with Gasteiger partial charge in [-0.25, -0.2) is 4.79 Å². The van der Waals surface area contributed by atoms with Crippen LogP contribution in [0.15, 0.2) is 12.1 Å². The number of hydrogen-bond acceptors (Lipinski definition) is 4. The lowest BCUT2D eigenvalue weighted by molar-refractivity contribution is 0.198. The standard InChI is InChI=1S/C10H12ClN3O2/c11-8-3-4-9(14-13-8)16-10(15)12-6-5-7-1-2-7/h3-4,7H,1-2,5-6H2,(H,12,15). The number of carbonyl (C=O) groups is 1. The van der Waals surface area contributed by atoms with Gasteiger partial charge in [-0.3, -0.25) is 0 Å². The molecule has 86 valence electrons. The molecule has 1 heterocycles. The van der Waals surface area contributed by atoms with Gasteiger partial charge >= 0.3 is 6.09 Å². The van der Waals surface area contributed by atoms with E-state index in [1.807, 2.05) is 0 Å². The van der Waals surface area contributed by atoms with Gasteiger partial charge in [-0.1, -0.05) is 24.4 Å². The minimum Gasteiger partial charge on any atom is -0.390 e. The number of rotatable bonds is 4. The number of nitrogens with one attached hydrogen (secondary N) is 1. The molecule has 0 atom stereocenters. The summed E-state index contributed by atoms with van der Waals surface area (Å²) in [7, 11) is 0. The van der Waals surface area contributed by atoms with E-state index in [1.54, 1.807) is 0 Å². The second-order valence-electron chi connectivity index (χ2n) is 3.74. The summed E-state index contributed by atoms with van der Waals surface area (Å²) in [6, 6.07) is 3.01. The van der Waals surface area contributed by atoms with Crippen molar-refractivity contribution in [1.29, 1.82) is 0 Å². The molecule has 1 aliphatic carbocycles. The number of carbonyl (C=O) groups excluding carboxylic acids is 1. The molecule has 1 fully saturated rings. The molecule has 0 aliphatic heterocycles. The SMILES string of the molecule is O=C(NCCC1CC1)Oc1ccc(Cl)nn1. The average molecular weight is 242 g/mol. The Kier molecular flexibility index (Phi) is 3.56. The van der Waals surface area contributed by atoms with Crippen LogP contribution in [-0.4, -0.2) is 22.8 Å². The van der Waals surface area contributed by atoms with Gasteiger partial charge in [-0.05, 0) is 18.4 Å². The van der Waals surface area contributed by atoms with Gasteiger partial charge in [-0.15, -0.1) is 10.2 Å². The molecule has 0 radical (unpaired) electrons. The molecule has 0 aromatic carbocycles. The van der Waals surface area contributed by atoms with Crippen molar-refractivity contribution in [3.05, 3.63) is 17.3 Å². The molecule has 6 heteroatoms. The molecule has 1 N–H and O–H groups in total. The molecule has 1 aliphatic rings. The Morgan fingerprint density at radius 1 is 1.50 bits per heavy atom. The molecule has 2 rings (SSSR count). The van der Waals surface area contributed by atoms with Gasteiger partial charge in [0.25, 0.3) is 0 Å². The molecule has 0 unspecified atom stereocenters. The van der Waals surface area contributed by atoms with Gasteiger partial charge in [0.2, 0.25) is 5.88 Å². The van der Waals surface area contributed by atoms with E-state index in [4.69, 9.17) is 16.3 Å². The van der Waals surface area contributed by atoms with Crippen molar-refractivity contribution >= 4 is 17.7 Å². The number of halogens is 1. The molecule has 5 nitrogen and oxygen atoms in total. The van der Waals surface area contributed by atoms with Crippen LogP contribution in [0.25, 0.3) is 0 Å². The van der Waals surface area contributed by atoms with Crippen LogP contribution in [0.5, 0.6) is 5.88 Å². The van der Waals surface area contributed by atoms with Crippen LogP contribution >= 0.6 is 11.6 Å². The highest BCUT2D eigenvalue weighted by Gasteiger charge is 2.20. The highest BCUT2D eigenvalue weighted by atomic mass is 35.5. The van der Waals surface area contributed by atoms with Gasteiger partial charge in [0, 0.05) is 12.6 Å². The molecule has 0 spiro atoms. The first-order valence-corrected chi connectivity index (χ1v) is 5.57. The van der Waals surface area contributed by atoms with Crippen molar-refractivity contribution in [3.8, 4) is 5.88 Å². The maximum Gasteiger partial charge on any atom is 0.413 e. The van der Waals surface area contributed by atoms with E-state index in [0.29, 0.717) is 6.54 Å². The van der Waals surface area contributed by atoms with Gasteiger partial charge in [0.05, 0.1) is 0 Å². The Bertz CT molecular complexity index is 365. The lowest BCUT2D eigenvalue weighted by Crippen LogP contribution is -2.28. The number of ether oxygens (including phenoxy) is 1. The van der Waals surface area contributed by atoms with Gasteiger partial charge in [-0.2, -0.15) is 0 Å². The van der Waals surface area contributed by atoms with Crippen molar-refractivity contribution in [2.75, 3.05) is 6.54 Å². The molecule has 16 heavy (non-hydrogen) atoms. The summed E-state index contributed by atoms with van der Waals surface area (Å²) in [5.74, 6) is 0.934. The number of nitrogens with zero attached hydrogens (tertiary/aromatic N) is 2. The van der Waals surface area contributed by atoms with E-state index >= 15 is 0 Å². The summed E-state index contributed by atoms with van der Waals surface area (Å²) in [5, 5.41) is 10.1. The van der Waals surface area contributed by atoms with Crippen molar-refractivity contribution in [3.63, 3.8) is 0 Å².